The SMILES string of the molecule is CC(C)(C)OC(=O)CCNC(=O)CC1(C(=O)ON2C(=O)CCC2=O)CC(CCCC2CCN(C(=O)OC(C)(C)C)CC2)=NO1. The molecule has 0 aromatic heterocycles. The number of esters is 1. The van der Waals surface area contributed by atoms with E-state index < -0.39 is 52.9 Å². The maximum absolute atomic E-state index is 13.3. The van der Waals surface area contributed by atoms with E-state index in [0.717, 1.165) is 25.7 Å². The lowest BCUT2D eigenvalue weighted by atomic mass is 9.88. The standard InChI is InChI=1S/C30H46N4O10/c1-28(2,3)41-25(38)12-15-31-22(35)19-30(26(39)43-34-23(36)10-11-24(34)37)18-21(32-44-30)9-7-8-20-13-16-33(17-14-20)27(40)42-29(4,5)6/h20H,7-19H2,1-6H3,(H,31,35). The maximum Gasteiger partial charge on any atom is 0.410 e. The first-order valence-corrected chi connectivity index (χ1v) is 15.2. The van der Waals surface area contributed by atoms with Crippen LogP contribution in [0.3, 0.4) is 0 Å². The highest BCUT2D eigenvalue weighted by Gasteiger charge is 2.52. The Bertz CT molecular complexity index is 1130. The molecule has 0 aromatic carbocycles. The van der Waals surface area contributed by atoms with Crippen LogP contribution in [0, 0.1) is 5.92 Å². The quantitative estimate of drug-likeness (QED) is 0.267. The van der Waals surface area contributed by atoms with E-state index in [1.807, 2.05) is 20.8 Å². The summed E-state index contributed by atoms with van der Waals surface area (Å²) in [5, 5.41) is 7.07. The second-order valence-corrected chi connectivity index (χ2v) is 13.5. The van der Waals surface area contributed by atoms with Gasteiger partial charge in [-0.3, -0.25) is 19.2 Å². The predicted octanol–water partition coefficient (Wildman–Crippen LogP) is 3.16. The fraction of sp³-hybridized carbons (Fsp3) is 0.767. The maximum atomic E-state index is 13.3. The zero-order valence-corrected chi connectivity index (χ0v) is 26.7. The molecule has 44 heavy (non-hydrogen) atoms. The van der Waals surface area contributed by atoms with Crippen LogP contribution in [0.4, 0.5) is 4.79 Å². The normalized spacial score (nSPS) is 21.1. The number of hydrogen-bond donors (Lipinski definition) is 1. The molecule has 2 saturated heterocycles. The van der Waals surface area contributed by atoms with E-state index in [-0.39, 0.29) is 38.3 Å². The van der Waals surface area contributed by atoms with Gasteiger partial charge in [-0.25, -0.2) is 9.59 Å². The predicted molar refractivity (Wildman–Crippen MR) is 156 cm³/mol. The van der Waals surface area contributed by atoms with Gasteiger partial charge in [0.05, 0.1) is 18.6 Å². The van der Waals surface area contributed by atoms with Gasteiger partial charge in [0, 0.05) is 38.9 Å². The fourth-order valence-electron chi connectivity index (χ4n) is 5.12. The van der Waals surface area contributed by atoms with Gasteiger partial charge >= 0.3 is 18.0 Å². The summed E-state index contributed by atoms with van der Waals surface area (Å²) < 4.78 is 10.7. The summed E-state index contributed by atoms with van der Waals surface area (Å²) in [4.78, 5) is 86.9. The number of nitrogens with one attached hydrogen (secondary N) is 1. The molecule has 3 aliphatic heterocycles. The molecule has 3 rings (SSSR count). The largest absolute Gasteiger partial charge is 0.460 e. The molecule has 14 heteroatoms. The molecule has 14 nitrogen and oxygen atoms in total. The number of piperidine rings is 1. The van der Waals surface area contributed by atoms with E-state index in [1.165, 1.54) is 0 Å². The molecule has 0 radical (unpaired) electrons. The Balaban J connectivity index is 1.52. The monoisotopic (exact) mass is 622 g/mol. The highest BCUT2D eigenvalue weighted by molar-refractivity contribution is 6.03. The van der Waals surface area contributed by atoms with Crippen LogP contribution >= 0.6 is 0 Å². The lowest BCUT2D eigenvalue weighted by Gasteiger charge is -2.33. The molecule has 3 aliphatic rings. The third-order valence-electron chi connectivity index (χ3n) is 7.25. The van der Waals surface area contributed by atoms with Crippen molar-refractivity contribution in [1.82, 2.24) is 15.3 Å². The minimum atomic E-state index is -1.87. The molecule has 0 bridgehead atoms. The van der Waals surface area contributed by atoms with Crippen LogP contribution in [0.15, 0.2) is 5.16 Å². The molecule has 2 fully saturated rings. The van der Waals surface area contributed by atoms with E-state index >= 15 is 0 Å². The van der Waals surface area contributed by atoms with Gasteiger partial charge < -0.3 is 29.4 Å². The van der Waals surface area contributed by atoms with Gasteiger partial charge in [-0.2, -0.15) is 0 Å². The number of likely N-dealkylation sites (tertiary alicyclic amines) is 1. The van der Waals surface area contributed by atoms with Crippen LogP contribution in [0.5, 0.6) is 0 Å². The minimum Gasteiger partial charge on any atom is -0.460 e. The number of oxime groups is 1. The molecular weight excluding hydrogens is 576 g/mol. The zero-order chi connectivity index (χ0) is 32.7. The summed E-state index contributed by atoms with van der Waals surface area (Å²) in [7, 11) is 0. The van der Waals surface area contributed by atoms with Crippen LogP contribution < -0.4 is 5.32 Å². The van der Waals surface area contributed by atoms with E-state index in [2.05, 4.69) is 10.5 Å². The number of imide groups is 1. The van der Waals surface area contributed by atoms with Crippen LogP contribution in [0.25, 0.3) is 0 Å². The number of rotatable bonds is 11. The molecule has 0 spiro atoms. The van der Waals surface area contributed by atoms with E-state index in [9.17, 15) is 28.8 Å². The highest BCUT2D eigenvalue weighted by Crippen LogP contribution is 2.33. The van der Waals surface area contributed by atoms with Crippen LogP contribution in [0.2, 0.25) is 0 Å². The summed E-state index contributed by atoms with van der Waals surface area (Å²) in [5.41, 5.74) is -2.52. The lowest BCUT2D eigenvalue weighted by molar-refractivity contribution is -0.213. The molecule has 0 aromatic rings. The summed E-state index contributed by atoms with van der Waals surface area (Å²) in [6, 6.07) is 0. The van der Waals surface area contributed by atoms with Gasteiger partial charge in [0.25, 0.3) is 11.8 Å². The van der Waals surface area contributed by atoms with Crippen molar-refractivity contribution in [1.29, 1.82) is 0 Å². The van der Waals surface area contributed by atoms with Gasteiger partial charge in [-0.05, 0) is 79.6 Å². The second kappa shape index (κ2) is 14.4. The number of hydroxylamine groups is 2. The smallest absolute Gasteiger partial charge is 0.410 e. The van der Waals surface area contributed by atoms with Crippen molar-refractivity contribution in [2.45, 2.75) is 123 Å². The van der Waals surface area contributed by atoms with E-state index in [4.69, 9.17) is 19.1 Å². The first-order valence-electron chi connectivity index (χ1n) is 15.2. The average Bonchev–Trinajstić information content (AvgIpc) is 3.45. The molecule has 1 N–H and O–H groups in total. The molecule has 246 valence electrons. The molecule has 0 saturated carbocycles. The van der Waals surface area contributed by atoms with Gasteiger partial charge in [-0.1, -0.05) is 5.16 Å². The average molecular weight is 623 g/mol. The van der Waals surface area contributed by atoms with E-state index in [1.54, 1.807) is 25.7 Å². The minimum absolute atomic E-state index is 0.0254. The Kier molecular flexibility index (Phi) is 11.4. The number of ether oxygens (including phenoxy) is 2. The number of amides is 4. The Labute approximate surface area is 258 Å². The zero-order valence-electron chi connectivity index (χ0n) is 26.7. The van der Waals surface area contributed by atoms with Crippen molar-refractivity contribution >= 4 is 41.5 Å². The molecule has 0 aliphatic carbocycles. The molecule has 1 atom stereocenters. The Hall–Kier alpha value is -3.71. The lowest BCUT2D eigenvalue weighted by Crippen LogP contribution is -2.48. The Morgan fingerprint density at radius 2 is 1.59 bits per heavy atom. The number of carbonyl (C=O) groups is 6. The number of carbonyl (C=O) groups excluding carboxylic acids is 6. The van der Waals surface area contributed by atoms with Crippen molar-refractivity contribution in [3.63, 3.8) is 0 Å². The third-order valence-corrected chi connectivity index (χ3v) is 7.25. The van der Waals surface area contributed by atoms with Crippen molar-refractivity contribution in [2.75, 3.05) is 19.6 Å². The first kappa shape index (κ1) is 34.8. The van der Waals surface area contributed by atoms with Gasteiger partial charge in [0.15, 0.2) is 0 Å². The summed E-state index contributed by atoms with van der Waals surface area (Å²) in [6.07, 6.45) is 2.73. The Morgan fingerprint density at radius 1 is 0.977 bits per heavy atom. The van der Waals surface area contributed by atoms with E-state index in [0.29, 0.717) is 36.2 Å². The highest BCUT2D eigenvalue weighted by atomic mass is 16.8. The fourth-order valence-corrected chi connectivity index (χ4v) is 5.12. The first-order chi connectivity index (χ1) is 20.5. The second-order valence-electron chi connectivity index (χ2n) is 13.5. The van der Waals surface area contributed by atoms with Crippen LogP contribution in [-0.4, -0.2) is 87.9 Å². The Morgan fingerprint density at radius 3 is 2.18 bits per heavy atom. The van der Waals surface area contributed by atoms with Crippen molar-refractivity contribution < 1.29 is 47.9 Å². The van der Waals surface area contributed by atoms with Gasteiger partial charge in [-0.15, -0.1) is 5.06 Å². The summed E-state index contributed by atoms with van der Waals surface area (Å²) >= 11 is 0. The number of hydrogen-bond acceptors (Lipinski definition) is 11. The topological polar surface area (TPSA) is 170 Å². The van der Waals surface area contributed by atoms with Crippen molar-refractivity contribution in [3.05, 3.63) is 0 Å². The molecule has 1 unspecified atom stereocenters. The molecule has 4 amide bonds. The van der Waals surface area contributed by atoms with Crippen molar-refractivity contribution in [3.8, 4) is 0 Å². The summed E-state index contributed by atoms with van der Waals surface area (Å²) in [5.74, 6) is -3.06. The van der Waals surface area contributed by atoms with Crippen LogP contribution in [-0.2, 0) is 43.1 Å². The third kappa shape index (κ3) is 10.5. The van der Waals surface area contributed by atoms with Crippen LogP contribution in [0.1, 0.15) is 106 Å². The summed E-state index contributed by atoms with van der Waals surface area (Å²) in [6.45, 7) is 11.9. The van der Waals surface area contributed by atoms with Gasteiger partial charge in [0.1, 0.15) is 11.2 Å². The van der Waals surface area contributed by atoms with Crippen molar-refractivity contribution in [2.24, 2.45) is 11.1 Å². The molecular formula is C30H46N4O10. The molecule has 3 heterocycles. The number of nitrogens with zero attached hydrogens (tertiary/aromatic N) is 3. The van der Waals surface area contributed by atoms with Gasteiger partial charge in [0.2, 0.25) is 11.5 Å².